The van der Waals surface area contributed by atoms with Gasteiger partial charge < -0.3 is 20.8 Å². The van der Waals surface area contributed by atoms with Crippen molar-refractivity contribution in [3.8, 4) is 5.75 Å². The van der Waals surface area contributed by atoms with Gasteiger partial charge in [-0.05, 0) is 60.2 Å². The summed E-state index contributed by atoms with van der Waals surface area (Å²) in [5.41, 5.74) is 10.7. The van der Waals surface area contributed by atoms with Gasteiger partial charge in [0.05, 0.1) is 6.04 Å². The van der Waals surface area contributed by atoms with Crippen LogP contribution in [0.4, 0.5) is 0 Å². The number of amides is 1. The lowest BCUT2D eigenvalue weighted by atomic mass is 9.92. The van der Waals surface area contributed by atoms with Gasteiger partial charge in [0, 0.05) is 13.0 Å². The SMILES string of the molecule is Cc1cc(O)cc(C)c1CC(N)C(=O)N1Cc2ccccc2C[C@@H]1C(=O)O. The van der Waals surface area contributed by atoms with Crippen molar-refractivity contribution in [3.63, 3.8) is 0 Å². The summed E-state index contributed by atoms with van der Waals surface area (Å²) in [7, 11) is 0. The quantitative estimate of drug-likeness (QED) is 0.765. The van der Waals surface area contributed by atoms with E-state index >= 15 is 0 Å². The maximum absolute atomic E-state index is 13.0. The first-order chi connectivity index (χ1) is 12.8. The number of hydrogen-bond acceptors (Lipinski definition) is 4. The molecule has 0 saturated carbocycles. The van der Waals surface area contributed by atoms with Gasteiger partial charge in [-0.2, -0.15) is 0 Å². The summed E-state index contributed by atoms with van der Waals surface area (Å²) in [4.78, 5) is 26.1. The van der Waals surface area contributed by atoms with Gasteiger partial charge in [-0.15, -0.1) is 0 Å². The number of hydrogen-bond donors (Lipinski definition) is 3. The van der Waals surface area contributed by atoms with E-state index in [2.05, 4.69) is 0 Å². The first-order valence-electron chi connectivity index (χ1n) is 8.92. The molecule has 6 heteroatoms. The molecule has 2 aromatic rings. The predicted octanol–water partition coefficient (Wildman–Crippen LogP) is 1.92. The van der Waals surface area contributed by atoms with E-state index in [0.29, 0.717) is 6.42 Å². The Morgan fingerprint density at radius 3 is 2.37 bits per heavy atom. The van der Waals surface area contributed by atoms with Gasteiger partial charge in [0.1, 0.15) is 11.8 Å². The van der Waals surface area contributed by atoms with E-state index in [1.165, 1.54) is 4.90 Å². The molecule has 0 bridgehead atoms. The summed E-state index contributed by atoms with van der Waals surface area (Å²) in [6.07, 6.45) is 0.572. The lowest BCUT2D eigenvalue weighted by Gasteiger charge is -2.36. The first kappa shape index (κ1) is 18.9. The zero-order chi connectivity index (χ0) is 19.7. The molecule has 1 heterocycles. The molecule has 1 amide bonds. The molecule has 1 aliphatic rings. The van der Waals surface area contributed by atoms with Crippen LogP contribution in [0.5, 0.6) is 5.75 Å². The molecule has 2 aromatic carbocycles. The van der Waals surface area contributed by atoms with E-state index < -0.39 is 18.1 Å². The van der Waals surface area contributed by atoms with Crippen LogP contribution in [0.3, 0.4) is 0 Å². The van der Waals surface area contributed by atoms with Crippen molar-refractivity contribution in [2.24, 2.45) is 5.73 Å². The number of fused-ring (bicyclic) bond motifs is 1. The van der Waals surface area contributed by atoms with Crippen LogP contribution in [0.25, 0.3) is 0 Å². The van der Waals surface area contributed by atoms with Crippen LogP contribution in [0, 0.1) is 13.8 Å². The number of aliphatic carboxylic acids is 1. The highest BCUT2D eigenvalue weighted by molar-refractivity contribution is 5.88. The van der Waals surface area contributed by atoms with Gasteiger partial charge in [0.2, 0.25) is 5.91 Å². The fourth-order valence-electron chi connectivity index (χ4n) is 3.79. The number of nitrogens with two attached hydrogens (primary N) is 1. The summed E-state index contributed by atoms with van der Waals surface area (Å²) in [6, 6.07) is 9.07. The van der Waals surface area contributed by atoms with Crippen LogP contribution in [-0.4, -0.2) is 39.1 Å². The Bertz CT molecular complexity index is 870. The van der Waals surface area contributed by atoms with Crippen LogP contribution in [0.1, 0.15) is 27.8 Å². The molecule has 2 atom stereocenters. The minimum Gasteiger partial charge on any atom is -0.508 e. The normalized spacial score (nSPS) is 17.3. The zero-order valence-corrected chi connectivity index (χ0v) is 15.5. The summed E-state index contributed by atoms with van der Waals surface area (Å²) < 4.78 is 0. The molecule has 3 rings (SSSR count). The fourth-order valence-corrected chi connectivity index (χ4v) is 3.79. The van der Waals surface area contributed by atoms with E-state index in [4.69, 9.17) is 5.73 Å². The fraction of sp³-hybridized carbons (Fsp3) is 0.333. The molecular weight excluding hydrogens is 344 g/mol. The molecule has 142 valence electrons. The smallest absolute Gasteiger partial charge is 0.326 e. The van der Waals surface area contributed by atoms with Crippen LogP contribution < -0.4 is 5.73 Å². The van der Waals surface area contributed by atoms with Crippen molar-refractivity contribution < 1.29 is 19.8 Å². The molecule has 0 aromatic heterocycles. The first-order valence-corrected chi connectivity index (χ1v) is 8.92. The average molecular weight is 368 g/mol. The zero-order valence-electron chi connectivity index (χ0n) is 15.5. The molecule has 1 aliphatic heterocycles. The minimum absolute atomic E-state index is 0.173. The average Bonchev–Trinajstić information content (AvgIpc) is 2.62. The van der Waals surface area contributed by atoms with Gasteiger partial charge >= 0.3 is 5.97 Å². The summed E-state index contributed by atoms with van der Waals surface area (Å²) >= 11 is 0. The number of nitrogens with zero attached hydrogens (tertiary/aromatic N) is 1. The molecule has 0 radical (unpaired) electrons. The van der Waals surface area contributed by atoms with Gasteiger partial charge in [0.15, 0.2) is 0 Å². The predicted molar refractivity (Wildman–Crippen MR) is 101 cm³/mol. The van der Waals surface area contributed by atoms with Crippen molar-refractivity contribution in [2.75, 3.05) is 0 Å². The lowest BCUT2D eigenvalue weighted by molar-refractivity contribution is -0.152. The number of rotatable bonds is 4. The molecule has 0 saturated heterocycles. The van der Waals surface area contributed by atoms with Crippen LogP contribution in [-0.2, 0) is 29.0 Å². The lowest BCUT2D eigenvalue weighted by Crippen LogP contribution is -2.54. The summed E-state index contributed by atoms with van der Waals surface area (Å²) in [5, 5.41) is 19.3. The molecule has 0 aliphatic carbocycles. The van der Waals surface area contributed by atoms with E-state index in [9.17, 15) is 19.8 Å². The highest BCUT2D eigenvalue weighted by Crippen LogP contribution is 2.26. The third kappa shape index (κ3) is 3.80. The maximum Gasteiger partial charge on any atom is 0.326 e. The van der Waals surface area contributed by atoms with Crippen molar-refractivity contribution >= 4 is 11.9 Å². The molecule has 0 fully saturated rings. The van der Waals surface area contributed by atoms with Crippen LogP contribution in [0.2, 0.25) is 0 Å². The van der Waals surface area contributed by atoms with Crippen molar-refractivity contribution in [2.45, 2.75) is 45.3 Å². The molecule has 0 spiro atoms. The summed E-state index contributed by atoms with van der Waals surface area (Å²) in [6.45, 7) is 3.96. The van der Waals surface area contributed by atoms with E-state index in [0.717, 1.165) is 27.8 Å². The number of phenolic OH excluding ortho intramolecular Hbond substituents is 1. The Hall–Kier alpha value is -2.86. The van der Waals surface area contributed by atoms with E-state index in [-0.39, 0.29) is 24.6 Å². The Morgan fingerprint density at radius 2 is 1.78 bits per heavy atom. The molecule has 6 nitrogen and oxygen atoms in total. The van der Waals surface area contributed by atoms with E-state index in [1.807, 2.05) is 38.1 Å². The van der Waals surface area contributed by atoms with Crippen molar-refractivity contribution in [1.82, 2.24) is 4.90 Å². The second kappa shape index (κ2) is 7.40. The Labute approximate surface area is 158 Å². The number of phenols is 1. The van der Waals surface area contributed by atoms with Gasteiger partial charge in [0.25, 0.3) is 0 Å². The van der Waals surface area contributed by atoms with Crippen molar-refractivity contribution in [3.05, 3.63) is 64.2 Å². The monoisotopic (exact) mass is 368 g/mol. The molecule has 1 unspecified atom stereocenters. The molecular formula is C21H24N2O4. The largest absolute Gasteiger partial charge is 0.508 e. The second-order valence-corrected chi connectivity index (χ2v) is 7.16. The topological polar surface area (TPSA) is 104 Å². The summed E-state index contributed by atoms with van der Waals surface area (Å²) in [5.74, 6) is -1.22. The van der Waals surface area contributed by atoms with Gasteiger partial charge in [-0.25, -0.2) is 4.79 Å². The minimum atomic E-state index is -1.03. The third-order valence-corrected chi connectivity index (χ3v) is 5.24. The number of carboxylic acid groups (broad SMARTS) is 1. The molecule has 4 N–H and O–H groups in total. The highest BCUT2D eigenvalue weighted by Gasteiger charge is 2.36. The number of aryl methyl sites for hydroxylation is 2. The number of benzene rings is 2. The third-order valence-electron chi connectivity index (χ3n) is 5.24. The van der Waals surface area contributed by atoms with Crippen molar-refractivity contribution in [1.29, 1.82) is 0 Å². The number of carboxylic acids is 1. The Kier molecular flexibility index (Phi) is 5.19. The van der Waals surface area contributed by atoms with Crippen LogP contribution >= 0.6 is 0 Å². The number of carbonyl (C=O) groups is 2. The van der Waals surface area contributed by atoms with Gasteiger partial charge in [-0.1, -0.05) is 24.3 Å². The molecule has 27 heavy (non-hydrogen) atoms. The standard InChI is InChI=1S/C21H24N2O4/c1-12-7-16(24)8-13(2)17(12)10-18(22)20(25)23-11-15-6-4-3-5-14(15)9-19(23)21(26)27/h3-8,18-19,24H,9-11,22H2,1-2H3,(H,26,27)/t18?,19-/m1/s1. The number of aromatic hydroxyl groups is 1. The van der Waals surface area contributed by atoms with E-state index in [1.54, 1.807) is 12.1 Å². The Balaban J connectivity index is 1.84. The highest BCUT2D eigenvalue weighted by atomic mass is 16.4. The van der Waals surface area contributed by atoms with Gasteiger partial charge in [-0.3, -0.25) is 4.79 Å². The van der Waals surface area contributed by atoms with Crippen LogP contribution in [0.15, 0.2) is 36.4 Å². The number of carbonyl (C=O) groups excluding carboxylic acids is 1. The second-order valence-electron chi connectivity index (χ2n) is 7.16. The maximum atomic E-state index is 13.0. The Morgan fingerprint density at radius 1 is 1.19 bits per heavy atom.